The van der Waals surface area contributed by atoms with Crippen molar-refractivity contribution in [1.82, 2.24) is 5.43 Å². The lowest BCUT2D eigenvalue weighted by Gasteiger charge is -2.10. The first-order valence-corrected chi connectivity index (χ1v) is 9.95. The van der Waals surface area contributed by atoms with Gasteiger partial charge in [0.25, 0.3) is 5.91 Å². The monoisotopic (exact) mass is 476 g/mol. The fourth-order valence-corrected chi connectivity index (χ4v) is 3.02. The summed E-state index contributed by atoms with van der Waals surface area (Å²) in [6, 6.07) is 15.9. The van der Waals surface area contributed by atoms with E-state index in [0.717, 1.165) is 0 Å². The van der Waals surface area contributed by atoms with E-state index in [1.807, 2.05) is 0 Å². The Morgan fingerprint density at radius 1 is 0.903 bits per heavy atom. The summed E-state index contributed by atoms with van der Waals surface area (Å²) in [6.45, 7) is 0. The van der Waals surface area contributed by atoms with Crippen LogP contribution >= 0.6 is 34.8 Å². The van der Waals surface area contributed by atoms with Gasteiger partial charge in [0, 0.05) is 0 Å². The number of hydrogen-bond acceptors (Lipinski definition) is 5. The largest absolute Gasteiger partial charge is 0.493 e. The number of hydrazone groups is 1. The molecule has 3 aromatic rings. The summed E-state index contributed by atoms with van der Waals surface area (Å²) in [6.07, 6.45) is 1.42. The maximum absolute atomic E-state index is 12.4. The van der Waals surface area contributed by atoms with Crippen molar-refractivity contribution < 1.29 is 19.1 Å². The molecule has 9 heteroatoms. The number of esters is 1. The fourth-order valence-electron chi connectivity index (χ4n) is 2.50. The Morgan fingerprint density at radius 3 is 2.39 bits per heavy atom. The van der Waals surface area contributed by atoms with E-state index in [-0.39, 0.29) is 16.3 Å². The number of nitrogens with one attached hydrogen (secondary N) is 1. The predicted octanol–water partition coefficient (Wildman–Crippen LogP) is 5.64. The summed E-state index contributed by atoms with van der Waals surface area (Å²) in [5.41, 5.74) is 3.55. The van der Waals surface area contributed by atoms with Crippen LogP contribution in [-0.2, 0) is 0 Å². The maximum Gasteiger partial charge on any atom is 0.343 e. The second-order valence-corrected chi connectivity index (χ2v) is 7.33. The van der Waals surface area contributed by atoms with Crippen LogP contribution < -0.4 is 14.9 Å². The van der Waals surface area contributed by atoms with Crippen molar-refractivity contribution in [3.8, 4) is 11.5 Å². The molecule has 0 saturated carbocycles. The fraction of sp³-hybridized carbons (Fsp3) is 0.0455. The zero-order chi connectivity index (χ0) is 22.4. The molecule has 0 fully saturated rings. The number of amides is 1. The lowest BCUT2D eigenvalue weighted by molar-refractivity contribution is 0.0729. The van der Waals surface area contributed by atoms with Crippen molar-refractivity contribution in [2.45, 2.75) is 0 Å². The molecule has 0 atom stereocenters. The molecular weight excluding hydrogens is 463 g/mol. The number of ether oxygens (including phenoxy) is 2. The minimum Gasteiger partial charge on any atom is -0.493 e. The zero-order valence-electron chi connectivity index (χ0n) is 16.1. The Bertz CT molecular complexity index is 1170. The van der Waals surface area contributed by atoms with E-state index in [2.05, 4.69) is 10.5 Å². The maximum atomic E-state index is 12.4. The molecule has 6 nitrogen and oxygen atoms in total. The van der Waals surface area contributed by atoms with Gasteiger partial charge in [-0.1, -0.05) is 46.9 Å². The highest BCUT2D eigenvalue weighted by Gasteiger charge is 2.14. The smallest absolute Gasteiger partial charge is 0.343 e. The molecule has 0 aliphatic carbocycles. The average Bonchev–Trinajstić information content (AvgIpc) is 2.76. The van der Waals surface area contributed by atoms with Gasteiger partial charge < -0.3 is 9.47 Å². The Labute approximate surface area is 193 Å². The molecule has 158 valence electrons. The SMILES string of the molecule is COc1cc(/C=N/NC(=O)c2ccccc2Cl)ccc1OC(=O)c1ccc(Cl)c(Cl)c1. The summed E-state index contributed by atoms with van der Waals surface area (Å²) >= 11 is 17.8. The van der Waals surface area contributed by atoms with Gasteiger partial charge in [0.1, 0.15) is 0 Å². The van der Waals surface area contributed by atoms with Crippen molar-refractivity contribution in [2.24, 2.45) is 5.10 Å². The van der Waals surface area contributed by atoms with Gasteiger partial charge in [0.2, 0.25) is 0 Å². The number of methoxy groups -OCH3 is 1. The predicted molar refractivity (Wildman–Crippen MR) is 121 cm³/mol. The molecule has 0 aliphatic heterocycles. The minimum atomic E-state index is -0.620. The number of hydrogen-bond donors (Lipinski definition) is 1. The summed E-state index contributed by atoms with van der Waals surface area (Å²) in [7, 11) is 1.44. The molecule has 31 heavy (non-hydrogen) atoms. The molecule has 0 saturated heterocycles. The van der Waals surface area contributed by atoms with Crippen molar-refractivity contribution in [3.05, 3.63) is 92.4 Å². The average molecular weight is 478 g/mol. The second-order valence-electron chi connectivity index (χ2n) is 6.11. The lowest BCUT2D eigenvalue weighted by Crippen LogP contribution is -2.17. The van der Waals surface area contributed by atoms with Gasteiger partial charge in [0.15, 0.2) is 11.5 Å². The summed E-state index contributed by atoms with van der Waals surface area (Å²) in [5.74, 6) is -0.558. The van der Waals surface area contributed by atoms with Crippen LogP contribution in [0.3, 0.4) is 0 Å². The number of carbonyl (C=O) groups is 2. The van der Waals surface area contributed by atoms with E-state index >= 15 is 0 Å². The molecule has 1 amide bonds. The molecule has 0 heterocycles. The highest BCUT2D eigenvalue weighted by atomic mass is 35.5. The van der Waals surface area contributed by atoms with Crippen molar-refractivity contribution in [1.29, 1.82) is 0 Å². The molecule has 0 unspecified atom stereocenters. The molecule has 3 rings (SSSR count). The summed E-state index contributed by atoms with van der Waals surface area (Å²) in [4.78, 5) is 24.5. The molecule has 1 N–H and O–H groups in total. The van der Waals surface area contributed by atoms with E-state index in [1.54, 1.807) is 42.5 Å². The van der Waals surface area contributed by atoms with Crippen LogP contribution in [0.25, 0.3) is 0 Å². The quantitative estimate of drug-likeness (QED) is 0.216. The third-order valence-electron chi connectivity index (χ3n) is 4.04. The number of benzene rings is 3. The molecule has 0 radical (unpaired) electrons. The van der Waals surface area contributed by atoms with Crippen molar-refractivity contribution in [3.63, 3.8) is 0 Å². The second kappa shape index (κ2) is 10.3. The van der Waals surface area contributed by atoms with Crippen molar-refractivity contribution >= 4 is 52.9 Å². The zero-order valence-corrected chi connectivity index (χ0v) is 18.3. The first kappa shape index (κ1) is 22.6. The van der Waals surface area contributed by atoms with Crippen LogP contribution in [0.5, 0.6) is 11.5 Å². The number of nitrogens with zero attached hydrogens (tertiary/aromatic N) is 1. The molecular formula is C22H15Cl3N2O4. The van der Waals surface area contributed by atoms with Gasteiger partial charge in [-0.2, -0.15) is 5.10 Å². The Balaban J connectivity index is 1.70. The van der Waals surface area contributed by atoms with Crippen LogP contribution in [-0.4, -0.2) is 25.2 Å². The van der Waals surface area contributed by atoms with Crippen molar-refractivity contribution in [2.75, 3.05) is 7.11 Å². The van der Waals surface area contributed by atoms with E-state index in [0.29, 0.717) is 26.9 Å². The molecule has 3 aromatic carbocycles. The summed E-state index contributed by atoms with van der Waals surface area (Å²) < 4.78 is 10.7. The minimum absolute atomic E-state index is 0.204. The van der Waals surface area contributed by atoms with E-state index in [9.17, 15) is 9.59 Å². The van der Waals surface area contributed by atoms with Crippen LogP contribution in [0.4, 0.5) is 0 Å². The Morgan fingerprint density at radius 2 is 1.68 bits per heavy atom. The van der Waals surface area contributed by atoms with Crippen LogP contribution in [0.15, 0.2) is 65.8 Å². The standard InChI is InChI=1S/C22H15Cl3N2O4/c1-30-20-10-13(12-26-27-21(28)15-4-2-3-5-16(15)23)6-9-19(20)31-22(29)14-7-8-17(24)18(25)11-14/h2-12H,1H3,(H,27,28)/b26-12+. The van der Waals surface area contributed by atoms with Crippen LogP contribution in [0.2, 0.25) is 15.1 Å². The Kier molecular flexibility index (Phi) is 7.52. The highest BCUT2D eigenvalue weighted by molar-refractivity contribution is 6.42. The third kappa shape index (κ3) is 5.76. The molecule has 0 bridgehead atoms. The molecule has 0 aliphatic rings. The van der Waals surface area contributed by atoms with Crippen LogP contribution in [0.1, 0.15) is 26.3 Å². The normalized spacial score (nSPS) is 10.7. The van der Waals surface area contributed by atoms with Gasteiger partial charge in [0.05, 0.1) is 39.5 Å². The molecule has 0 spiro atoms. The van der Waals surface area contributed by atoms with Gasteiger partial charge in [-0.25, -0.2) is 10.2 Å². The van der Waals surface area contributed by atoms with Gasteiger partial charge in [-0.05, 0) is 54.1 Å². The number of carbonyl (C=O) groups excluding carboxylic acids is 2. The van der Waals surface area contributed by atoms with Gasteiger partial charge in [-0.3, -0.25) is 4.79 Å². The first-order chi connectivity index (χ1) is 14.9. The Hall–Kier alpha value is -3.06. The van der Waals surface area contributed by atoms with Gasteiger partial charge in [-0.15, -0.1) is 0 Å². The third-order valence-corrected chi connectivity index (χ3v) is 5.11. The number of rotatable bonds is 6. The van der Waals surface area contributed by atoms with Crippen LogP contribution in [0, 0.1) is 0 Å². The van der Waals surface area contributed by atoms with E-state index in [4.69, 9.17) is 44.3 Å². The van der Waals surface area contributed by atoms with E-state index < -0.39 is 11.9 Å². The molecule has 0 aromatic heterocycles. The van der Waals surface area contributed by atoms with Gasteiger partial charge >= 0.3 is 5.97 Å². The summed E-state index contributed by atoms with van der Waals surface area (Å²) in [5, 5.41) is 4.82. The topological polar surface area (TPSA) is 77.0 Å². The highest BCUT2D eigenvalue weighted by Crippen LogP contribution is 2.29. The lowest BCUT2D eigenvalue weighted by atomic mass is 10.2. The number of halogens is 3. The first-order valence-electron chi connectivity index (χ1n) is 8.82. The van der Waals surface area contributed by atoms with E-state index in [1.165, 1.54) is 31.5 Å².